The molecule has 38 heavy (non-hydrogen) atoms. The number of hydrogen-bond acceptors (Lipinski definition) is 8. The monoisotopic (exact) mass is 674 g/mol. The third-order valence-electron chi connectivity index (χ3n) is 4.20. The van der Waals surface area contributed by atoms with Crippen molar-refractivity contribution in [3.05, 3.63) is 0 Å². The van der Waals surface area contributed by atoms with E-state index in [9.17, 15) is 0 Å². The van der Waals surface area contributed by atoms with E-state index in [2.05, 4.69) is 27.7 Å². The molecule has 8 nitrogen and oxygen atoms in total. The van der Waals surface area contributed by atoms with Crippen LogP contribution in [0.15, 0.2) is 0 Å². The molecule has 0 N–H and O–H groups in total. The van der Waals surface area contributed by atoms with Gasteiger partial charge in [0.25, 0.3) is 0 Å². The first-order valence-electron chi connectivity index (χ1n) is 14.4. The number of aliphatic carboxylic acids is 2. The quantitative estimate of drug-likeness (QED) is 0.140. The van der Waals surface area contributed by atoms with Gasteiger partial charge < -0.3 is 37.5 Å². The molecule has 0 saturated heterocycles. The van der Waals surface area contributed by atoms with Crippen molar-refractivity contribution >= 4 is 44.9 Å². The predicted octanol–water partition coefficient (Wildman–Crippen LogP) is 5.43. The second kappa shape index (κ2) is 46.6. The Kier molecular flexibility index (Phi) is 62.1. The zero-order chi connectivity index (χ0) is 29.8. The van der Waals surface area contributed by atoms with E-state index in [0.29, 0.717) is 26.4 Å². The third kappa shape index (κ3) is 65.1. The first-order valence-corrected chi connectivity index (χ1v) is 16.1. The summed E-state index contributed by atoms with van der Waals surface area (Å²) in [5.74, 6) is -2.17. The molecule has 0 unspecified atom stereocenters. The van der Waals surface area contributed by atoms with Crippen molar-refractivity contribution in [1.29, 1.82) is 0 Å². The van der Waals surface area contributed by atoms with Crippen LogP contribution < -0.4 is 10.2 Å². The molecule has 0 atom stereocenters. The summed E-state index contributed by atoms with van der Waals surface area (Å²) in [6.45, 7) is 20.8. The maximum absolute atomic E-state index is 8.89. The van der Waals surface area contributed by atoms with Crippen LogP contribution in [0.2, 0.25) is 0 Å². The standard InChI is InChI=1S/C8H20O4Si.2C8H18.2C2H4O2.Sn/c1-5-9-13(10-6-2,11-7-3)12-8-4;2*1-3-5-7-8-6-4-2;2*1-2(3)4;/h5-8H2,1-4H3;2*3-8H2,1-2H3;2*1H3,(H,3,4);/q;;;;;+2/p-2. The summed E-state index contributed by atoms with van der Waals surface area (Å²) in [6, 6.07) is 0. The minimum absolute atomic E-state index is 0. The van der Waals surface area contributed by atoms with Crippen molar-refractivity contribution in [3.8, 4) is 0 Å². The SMILES string of the molecule is CC(=O)[O-].CC(=O)[O-].CCCCCCCC.CCCCCCCC.CCO[Si](OCC)(OCC)OCC.[Sn+2]. The second-order valence-corrected chi connectivity index (χ2v) is 10.2. The van der Waals surface area contributed by atoms with Crippen molar-refractivity contribution in [2.75, 3.05) is 26.4 Å². The van der Waals surface area contributed by atoms with E-state index < -0.39 is 21.0 Å². The van der Waals surface area contributed by atoms with Gasteiger partial charge in [-0.3, -0.25) is 0 Å². The number of carbonyl (C=O) groups is 2. The topological polar surface area (TPSA) is 117 Å². The van der Waals surface area contributed by atoms with E-state index in [1.807, 2.05) is 27.7 Å². The summed E-state index contributed by atoms with van der Waals surface area (Å²) in [4.78, 5) is 17.8. The molecule has 2 radical (unpaired) electrons. The third-order valence-corrected chi connectivity index (χ3v) is 6.77. The molecule has 0 bridgehead atoms. The van der Waals surface area contributed by atoms with E-state index in [1.165, 1.54) is 77.0 Å². The molecule has 10 heteroatoms. The fourth-order valence-electron chi connectivity index (χ4n) is 2.66. The van der Waals surface area contributed by atoms with E-state index in [1.54, 1.807) is 0 Å². The summed E-state index contributed by atoms with van der Waals surface area (Å²) in [7, 11) is -2.80. The molecular formula is C28H62O8SiSn. The van der Waals surface area contributed by atoms with Crippen LogP contribution in [0.1, 0.15) is 146 Å². The molecule has 0 amide bonds. The average molecular weight is 674 g/mol. The number of hydrogen-bond donors (Lipinski definition) is 0. The fourth-order valence-corrected chi connectivity index (χ4v) is 4.58. The summed E-state index contributed by atoms with van der Waals surface area (Å²) >= 11 is 0. The molecule has 0 aliphatic carbocycles. The van der Waals surface area contributed by atoms with Crippen molar-refractivity contribution in [1.82, 2.24) is 0 Å². The maximum Gasteiger partial charge on any atom is 2.00 e. The van der Waals surface area contributed by atoms with Gasteiger partial charge in [-0.25, -0.2) is 0 Å². The van der Waals surface area contributed by atoms with E-state index in [-0.39, 0.29) is 23.9 Å². The Hall–Kier alpha value is -0.204. The van der Waals surface area contributed by atoms with Crippen LogP contribution in [0.3, 0.4) is 0 Å². The van der Waals surface area contributed by atoms with Crippen molar-refractivity contribution < 1.29 is 37.5 Å². The number of carboxylic acids is 2. The van der Waals surface area contributed by atoms with Gasteiger partial charge >= 0.3 is 33.0 Å². The van der Waals surface area contributed by atoms with Crippen LogP contribution in [-0.4, -0.2) is 71.3 Å². The minimum Gasteiger partial charge on any atom is -0.550 e. The van der Waals surface area contributed by atoms with Crippen molar-refractivity contribution in [3.63, 3.8) is 0 Å². The molecule has 0 fully saturated rings. The molecule has 0 aromatic rings. The Labute approximate surface area is 254 Å². The molecule has 0 aliphatic rings. The van der Waals surface area contributed by atoms with Crippen LogP contribution in [0.5, 0.6) is 0 Å². The molecule has 230 valence electrons. The molecule has 0 aliphatic heterocycles. The van der Waals surface area contributed by atoms with Gasteiger partial charge in [0.2, 0.25) is 0 Å². The number of carboxylic acid groups (broad SMARTS) is 2. The van der Waals surface area contributed by atoms with Crippen LogP contribution in [-0.2, 0) is 27.3 Å². The molecule has 0 aromatic carbocycles. The van der Waals surface area contributed by atoms with Crippen LogP contribution in [0, 0.1) is 0 Å². The molecule has 0 saturated carbocycles. The Balaban J connectivity index is -0.0000000899. The second-order valence-electron chi connectivity index (χ2n) is 8.04. The molecule has 0 rings (SSSR count). The minimum atomic E-state index is -2.80. The van der Waals surface area contributed by atoms with Crippen molar-refractivity contribution in [2.24, 2.45) is 0 Å². The van der Waals surface area contributed by atoms with Gasteiger partial charge in [0, 0.05) is 38.4 Å². The van der Waals surface area contributed by atoms with Gasteiger partial charge in [-0.1, -0.05) is 105 Å². The van der Waals surface area contributed by atoms with E-state index >= 15 is 0 Å². The zero-order valence-corrected chi connectivity index (χ0v) is 30.4. The van der Waals surface area contributed by atoms with Crippen LogP contribution in [0.4, 0.5) is 0 Å². The molecule has 0 heterocycles. The largest absolute Gasteiger partial charge is 2.00 e. The summed E-state index contributed by atoms with van der Waals surface area (Å²) in [5, 5.41) is 17.8. The number of rotatable bonds is 18. The Morgan fingerprint density at radius 1 is 0.474 bits per heavy atom. The maximum atomic E-state index is 8.89. The van der Waals surface area contributed by atoms with Crippen molar-refractivity contribution in [2.45, 2.75) is 146 Å². The van der Waals surface area contributed by atoms with Gasteiger partial charge in [-0.2, -0.15) is 0 Å². The van der Waals surface area contributed by atoms with E-state index in [4.69, 9.17) is 37.5 Å². The van der Waals surface area contributed by atoms with E-state index in [0.717, 1.165) is 13.8 Å². The smallest absolute Gasteiger partial charge is 0.550 e. The van der Waals surface area contributed by atoms with Gasteiger partial charge in [0.1, 0.15) is 0 Å². The Morgan fingerprint density at radius 2 is 0.632 bits per heavy atom. The zero-order valence-electron chi connectivity index (χ0n) is 26.6. The van der Waals surface area contributed by atoms with Gasteiger partial charge in [0.15, 0.2) is 0 Å². The normalized spacial score (nSPS) is 9.53. The molecule has 0 aromatic heterocycles. The van der Waals surface area contributed by atoms with Crippen LogP contribution >= 0.6 is 0 Å². The first kappa shape index (κ1) is 50.6. The molecule has 0 spiro atoms. The van der Waals surface area contributed by atoms with Crippen LogP contribution in [0.25, 0.3) is 0 Å². The van der Waals surface area contributed by atoms with Gasteiger partial charge in [0.05, 0.1) is 0 Å². The first-order chi connectivity index (χ1) is 17.5. The molecular weight excluding hydrogens is 611 g/mol. The predicted molar refractivity (Wildman–Crippen MR) is 157 cm³/mol. The Bertz CT molecular complexity index is 356. The summed E-state index contributed by atoms with van der Waals surface area (Å²) < 4.78 is 21.7. The van der Waals surface area contributed by atoms with Gasteiger partial charge in [-0.15, -0.1) is 0 Å². The fraction of sp³-hybridized carbons (Fsp3) is 0.929. The Morgan fingerprint density at radius 3 is 0.737 bits per heavy atom. The number of unbranched alkanes of at least 4 members (excludes halogenated alkanes) is 10. The summed E-state index contributed by atoms with van der Waals surface area (Å²) in [5.41, 5.74) is 0. The van der Waals surface area contributed by atoms with Gasteiger partial charge in [-0.05, 0) is 41.5 Å². The summed E-state index contributed by atoms with van der Waals surface area (Å²) in [6.07, 6.45) is 17.0. The average Bonchev–Trinajstić information content (AvgIpc) is 2.81. The number of carbonyl (C=O) groups excluding carboxylic acids is 2.